The Hall–Kier alpha value is -2.04. The standard InChI is InChI=1S/C16H20O5/c1-21-12-7-5-6-11(10-12)16(8-3-2-4-9-16)13(14(17)18)15(19)20/h5-7,10,13H,2-4,8-9H2,1H3,(H,17,18)(H,19,20). The molecule has 0 unspecified atom stereocenters. The van der Waals surface area contributed by atoms with E-state index in [9.17, 15) is 19.8 Å². The third-order valence-electron chi connectivity index (χ3n) is 4.44. The van der Waals surface area contributed by atoms with Gasteiger partial charge in [-0.25, -0.2) is 0 Å². The van der Waals surface area contributed by atoms with E-state index in [-0.39, 0.29) is 0 Å². The van der Waals surface area contributed by atoms with Crippen molar-refractivity contribution in [2.24, 2.45) is 5.92 Å². The molecule has 1 aromatic rings. The molecule has 0 atom stereocenters. The second-order valence-electron chi connectivity index (χ2n) is 5.56. The van der Waals surface area contributed by atoms with Crippen LogP contribution in [0, 0.1) is 5.92 Å². The van der Waals surface area contributed by atoms with Gasteiger partial charge in [0.1, 0.15) is 5.75 Å². The minimum Gasteiger partial charge on any atom is -0.497 e. The normalized spacial score (nSPS) is 17.4. The zero-order valence-corrected chi connectivity index (χ0v) is 12.0. The second-order valence-corrected chi connectivity index (χ2v) is 5.56. The van der Waals surface area contributed by atoms with Crippen molar-refractivity contribution in [3.8, 4) is 5.75 Å². The Morgan fingerprint density at radius 2 is 1.76 bits per heavy atom. The fourth-order valence-corrected chi connectivity index (χ4v) is 3.44. The van der Waals surface area contributed by atoms with Crippen LogP contribution in [-0.4, -0.2) is 29.3 Å². The van der Waals surface area contributed by atoms with E-state index in [1.807, 2.05) is 6.07 Å². The fraction of sp³-hybridized carbons (Fsp3) is 0.500. The molecular weight excluding hydrogens is 272 g/mol. The molecule has 0 radical (unpaired) electrons. The lowest BCUT2D eigenvalue weighted by Crippen LogP contribution is -2.46. The van der Waals surface area contributed by atoms with Gasteiger partial charge in [0.2, 0.25) is 0 Å². The Morgan fingerprint density at radius 1 is 1.14 bits per heavy atom. The van der Waals surface area contributed by atoms with Gasteiger partial charge in [-0.15, -0.1) is 0 Å². The Balaban J connectivity index is 2.54. The highest BCUT2D eigenvalue weighted by Gasteiger charge is 2.49. The number of carboxylic acid groups (broad SMARTS) is 2. The Morgan fingerprint density at radius 3 is 2.29 bits per heavy atom. The first kappa shape index (κ1) is 15.4. The summed E-state index contributed by atoms with van der Waals surface area (Å²) in [5, 5.41) is 18.9. The van der Waals surface area contributed by atoms with E-state index in [1.165, 1.54) is 0 Å². The molecule has 5 nitrogen and oxygen atoms in total. The number of benzene rings is 1. The maximum absolute atomic E-state index is 11.6. The summed E-state index contributed by atoms with van der Waals surface area (Å²) >= 11 is 0. The smallest absolute Gasteiger partial charge is 0.318 e. The first-order valence-electron chi connectivity index (χ1n) is 7.11. The first-order valence-corrected chi connectivity index (χ1v) is 7.11. The number of aliphatic carboxylic acids is 2. The van der Waals surface area contributed by atoms with Crippen LogP contribution in [0.25, 0.3) is 0 Å². The van der Waals surface area contributed by atoms with Crippen LogP contribution >= 0.6 is 0 Å². The number of ether oxygens (including phenoxy) is 1. The molecule has 0 spiro atoms. The number of methoxy groups -OCH3 is 1. The van der Waals surface area contributed by atoms with Crippen LogP contribution < -0.4 is 4.74 Å². The molecule has 0 bridgehead atoms. The molecule has 0 aromatic heterocycles. The molecule has 2 rings (SSSR count). The molecule has 2 N–H and O–H groups in total. The van der Waals surface area contributed by atoms with E-state index in [4.69, 9.17) is 4.74 Å². The number of carbonyl (C=O) groups is 2. The molecule has 1 aliphatic rings. The monoisotopic (exact) mass is 292 g/mol. The number of carboxylic acids is 2. The van der Waals surface area contributed by atoms with Gasteiger partial charge in [0.25, 0.3) is 0 Å². The minimum atomic E-state index is -1.43. The summed E-state index contributed by atoms with van der Waals surface area (Å²) in [7, 11) is 1.54. The number of rotatable bonds is 5. The van der Waals surface area contributed by atoms with Gasteiger partial charge in [-0.2, -0.15) is 0 Å². The molecule has 0 heterocycles. The van der Waals surface area contributed by atoms with Crippen LogP contribution in [0.4, 0.5) is 0 Å². The largest absolute Gasteiger partial charge is 0.497 e. The predicted octanol–water partition coefficient (Wildman–Crippen LogP) is 2.68. The van der Waals surface area contributed by atoms with Gasteiger partial charge < -0.3 is 14.9 Å². The lowest BCUT2D eigenvalue weighted by atomic mass is 9.62. The second kappa shape index (κ2) is 6.16. The molecule has 1 fully saturated rings. The zero-order chi connectivity index (χ0) is 15.5. The van der Waals surface area contributed by atoms with Crippen molar-refractivity contribution < 1.29 is 24.5 Å². The van der Waals surface area contributed by atoms with E-state index in [2.05, 4.69) is 0 Å². The molecule has 5 heteroatoms. The molecular formula is C16H20O5. The van der Waals surface area contributed by atoms with Crippen molar-refractivity contribution in [3.05, 3.63) is 29.8 Å². The maximum atomic E-state index is 11.6. The molecule has 0 saturated heterocycles. The summed E-state index contributed by atoms with van der Waals surface area (Å²) in [6.07, 6.45) is 3.84. The van der Waals surface area contributed by atoms with Crippen molar-refractivity contribution in [2.75, 3.05) is 7.11 Å². The van der Waals surface area contributed by atoms with Gasteiger partial charge in [0.05, 0.1) is 7.11 Å². The van der Waals surface area contributed by atoms with Crippen molar-refractivity contribution in [1.82, 2.24) is 0 Å². The van der Waals surface area contributed by atoms with Crippen molar-refractivity contribution in [1.29, 1.82) is 0 Å². The minimum absolute atomic E-state index is 0.573. The van der Waals surface area contributed by atoms with Crippen LogP contribution in [0.1, 0.15) is 37.7 Å². The molecule has 0 amide bonds. The van der Waals surface area contributed by atoms with Gasteiger partial charge in [-0.05, 0) is 30.5 Å². The van der Waals surface area contributed by atoms with Crippen molar-refractivity contribution >= 4 is 11.9 Å². The van der Waals surface area contributed by atoms with Gasteiger partial charge in [-0.3, -0.25) is 9.59 Å². The van der Waals surface area contributed by atoms with Crippen LogP contribution in [0.3, 0.4) is 0 Å². The summed E-state index contributed by atoms with van der Waals surface area (Å²) in [4.78, 5) is 23.1. The van der Waals surface area contributed by atoms with E-state index < -0.39 is 23.3 Å². The first-order chi connectivity index (χ1) is 10.0. The van der Waals surface area contributed by atoms with Gasteiger partial charge >= 0.3 is 11.9 Å². The summed E-state index contributed by atoms with van der Waals surface area (Å²) in [6, 6.07) is 7.14. The van der Waals surface area contributed by atoms with Crippen LogP contribution in [0.15, 0.2) is 24.3 Å². The Bertz CT molecular complexity index is 517. The highest BCUT2D eigenvalue weighted by Crippen LogP contribution is 2.46. The van der Waals surface area contributed by atoms with Crippen LogP contribution in [0.2, 0.25) is 0 Å². The maximum Gasteiger partial charge on any atom is 0.318 e. The number of hydrogen-bond donors (Lipinski definition) is 2. The van der Waals surface area contributed by atoms with Crippen LogP contribution in [0.5, 0.6) is 5.75 Å². The van der Waals surface area contributed by atoms with Gasteiger partial charge in [0, 0.05) is 5.41 Å². The third kappa shape index (κ3) is 2.86. The van der Waals surface area contributed by atoms with Gasteiger partial charge in [-0.1, -0.05) is 31.4 Å². The molecule has 1 saturated carbocycles. The Labute approximate surface area is 123 Å². The molecule has 1 aromatic carbocycles. The lowest BCUT2D eigenvalue weighted by Gasteiger charge is -2.40. The molecule has 21 heavy (non-hydrogen) atoms. The van der Waals surface area contributed by atoms with E-state index in [0.717, 1.165) is 24.8 Å². The summed E-state index contributed by atoms with van der Waals surface area (Å²) < 4.78 is 5.20. The highest BCUT2D eigenvalue weighted by molar-refractivity contribution is 5.95. The molecule has 114 valence electrons. The summed E-state index contributed by atoms with van der Waals surface area (Å²) in [5.41, 5.74) is -0.110. The average Bonchev–Trinajstić information content (AvgIpc) is 2.47. The number of hydrogen-bond acceptors (Lipinski definition) is 3. The summed E-state index contributed by atoms with van der Waals surface area (Å²) in [5.74, 6) is -3.35. The Kier molecular flexibility index (Phi) is 4.50. The van der Waals surface area contributed by atoms with E-state index in [0.29, 0.717) is 18.6 Å². The van der Waals surface area contributed by atoms with E-state index in [1.54, 1.807) is 25.3 Å². The van der Waals surface area contributed by atoms with Gasteiger partial charge in [0.15, 0.2) is 5.92 Å². The predicted molar refractivity (Wildman–Crippen MR) is 76.5 cm³/mol. The van der Waals surface area contributed by atoms with E-state index >= 15 is 0 Å². The summed E-state index contributed by atoms with van der Waals surface area (Å²) in [6.45, 7) is 0. The van der Waals surface area contributed by atoms with Crippen molar-refractivity contribution in [2.45, 2.75) is 37.5 Å². The van der Waals surface area contributed by atoms with Crippen LogP contribution in [-0.2, 0) is 15.0 Å². The topological polar surface area (TPSA) is 83.8 Å². The molecule has 0 aliphatic heterocycles. The zero-order valence-electron chi connectivity index (χ0n) is 12.0. The lowest BCUT2D eigenvalue weighted by molar-refractivity contribution is -0.159. The average molecular weight is 292 g/mol. The van der Waals surface area contributed by atoms with Crippen molar-refractivity contribution in [3.63, 3.8) is 0 Å². The SMILES string of the molecule is COc1cccc(C2(C(C(=O)O)C(=O)O)CCCCC2)c1. The fourth-order valence-electron chi connectivity index (χ4n) is 3.44. The molecule has 1 aliphatic carbocycles. The highest BCUT2D eigenvalue weighted by atomic mass is 16.5. The third-order valence-corrected chi connectivity index (χ3v) is 4.44. The quantitative estimate of drug-likeness (QED) is 0.815.